The van der Waals surface area contributed by atoms with Crippen LogP contribution in [0.1, 0.15) is 38.5 Å². The molecule has 2 rings (SSSR count). The highest BCUT2D eigenvalue weighted by Gasteiger charge is 2.58. The van der Waals surface area contributed by atoms with Crippen molar-refractivity contribution in [3.05, 3.63) is 0 Å². The van der Waals surface area contributed by atoms with Crippen molar-refractivity contribution in [3.8, 4) is 0 Å². The van der Waals surface area contributed by atoms with Crippen LogP contribution in [0, 0.1) is 5.41 Å². The Balaban J connectivity index is 1.92. The fourth-order valence-electron chi connectivity index (χ4n) is 2.73. The molecule has 0 aromatic heterocycles. The number of alkyl halides is 4. The van der Waals surface area contributed by atoms with Gasteiger partial charge in [-0.2, -0.15) is 13.2 Å². The monoisotopic (exact) mass is 299 g/mol. The largest absolute Gasteiger partial charge is 0.394 e. The highest BCUT2D eigenvalue weighted by Crippen LogP contribution is 2.56. The molecule has 0 aromatic carbocycles. The van der Waals surface area contributed by atoms with Gasteiger partial charge in [0.15, 0.2) is 0 Å². The first kappa shape index (κ1) is 12.7. The van der Waals surface area contributed by atoms with Crippen LogP contribution in [-0.2, 0) is 0 Å². The first-order valence-electron chi connectivity index (χ1n) is 5.87. The van der Waals surface area contributed by atoms with E-state index in [1.165, 1.54) is 0 Å². The summed E-state index contributed by atoms with van der Waals surface area (Å²) in [6.45, 7) is 0.790. The quantitative estimate of drug-likeness (QED) is 0.768. The minimum Gasteiger partial charge on any atom is -0.313 e. The van der Waals surface area contributed by atoms with E-state index in [4.69, 9.17) is 0 Å². The molecule has 1 aliphatic heterocycles. The molecular weight excluding hydrogens is 283 g/mol. The second kappa shape index (κ2) is 4.48. The van der Waals surface area contributed by atoms with Crippen LogP contribution in [0.3, 0.4) is 0 Å². The lowest BCUT2D eigenvalue weighted by Crippen LogP contribution is -2.50. The van der Waals surface area contributed by atoms with Crippen molar-refractivity contribution < 1.29 is 13.2 Å². The van der Waals surface area contributed by atoms with Gasteiger partial charge in [-0.1, -0.05) is 22.4 Å². The van der Waals surface area contributed by atoms with Crippen LogP contribution in [0.25, 0.3) is 0 Å². The van der Waals surface area contributed by atoms with Crippen molar-refractivity contribution in [2.45, 2.75) is 55.6 Å². The minimum atomic E-state index is -4.02. The highest BCUT2D eigenvalue weighted by molar-refractivity contribution is 9.09. The molecule has 94 valence electrons. The molecule has 0 bridgehead atoms. The number of halogens is 4. The Hall–Kier alpha value is 0.230. The van der Waals surface area contributed by atoms with E-state index in [0.29, 0.717) is 17.7 Å². The topological polar surface area (TPSA) is 12.0 Å². The summed E-state index contributed by atoms with van der Waals surface area (Å²) in [5.74, 6) is 0. The SMILES string of the molecule is FC(F)(F)C1(CC2CCC(Br)CN2)CCC1. The van der Waals surface area contributed by atoms with E-state index in [-0.39, 0.29) is 12.5 Å². The molecule has 0 spiro atoms. The smallest absolute Gasteiger partial charge is 0.313 e. The van der Waals surface area contributed by atoms with Crippen molar-refractivity contribution in [1.82, 2.24) is 5.32 Å². The zero-order valence-electron chi connectivity index (χ0n) is 9.12. The van der Waals surface area contributed by atoms with E-state index in [0.717, 1.165) is 25.8 Å². The maximum atomic E-state index is 13.0. The molecule has 0 radical (unpaired) electrons. The molecule has 2 atom stereocenters. The third kappa shape index (κ3) is 2.40. The summed E-state index contributed by atoms with van der Waals surface area (Å²) in [5.41, 5.74) is -1.37. The van der Waals surface area contributed by atoms with Gasteiger partial charge in [0, 0.05) is 17.4 Å². The Morgan fingerprint density at radius 2 is 1.94 bits per heavy atom. The summed E-state index contributed by atoms with van der Waals surface area (Å²) in [7, 11) is 0. The van der Waals surface area contributed by atoms with Crippen LogP contribution in [0.4, 0.5) is 13.2 Å². The molecule has 1 aliphatic carbocycles. The van der Waals surface area contributed by atoms with Crippen LogP contribution < -0.4 is 5.32 Å². The van der Waals surface area contributed by atoms with E-state index >= 15 is 0 Å². The normalized spacial score (nSPS) is 34.5. The van der Waals surface area contributed by atoms with Crippen LogP contribution >= 0.6 is 15.9 Å². The van der Waals surface area contributed by atoms with Crippen LogP contribution in [0.5, 0.6) is 0 Å². The second-order valence-corrected chi connectivity index (χ2v) is 6.41. The molecule has 1 saturated carbocycles. The maximum Gasteiger partial charge on any atom is 0.394 e. The predicted molar refractivity (Wildman–Crippen MR) is 60.7 cm³/mol. The molecule has 1 N–H and O–H groups in total. The Kier molecular flexibility index (Phi) is 3.55. The number of piperidine rings is 1. The van der Waals surface area contributed by atoms with E-state index < -0.39 is 11.6 Å². The second-order valence-electron chi connectivity index (χ2n) is 5.12. The summed E-state index contributed by atoms with van der Waals surface area (Å²) >= 11 is 3.48. The summed E-state index contributed by atoms with van der Waals surface area (Å²) in [6, 6.07) is 0.0516. The Morgan fingerprint density at radius 1 is 1.25 bits per heavy atom. The average molecular weight is 300 g/mol. The first-order chi connectivity index (χ1) is 7.43. The van der Waals surface area contributed by atoms with Crippen LogP contribution in [0.15, 0.2) is 0 Å². The van der Waals surface area contributed by atoms with Gasteiger partial charge in [0.05, 0.1) is 5.41 Å². The molecule has 2 unspecified atom stereocenters. The fraction of sp³-hybridized carbons (Fsp3) is 1.00. The van der Waals surface area contributed by atoms with E-state index in [2.05, 4.69) is 21.2 Å². The molecule has 0 amide bonds. The van der Waals surface area contributed by atoms with Gasteiger partial charge in [-0.3, -0.25) is 0 Å². The molecule has 16 heavy (non-hydrogen) atoms. The van der Waals surface area contributed by atoms with Gasteiger partial charge in [0.25, 0.3) is 0 Å². The van der Waals surface area contributed by atoms with Crippen LogP contribution in [-0.4, -0.2) is 23.6 Å². The molecule has 1 heterocycles. The lowest BCUT2D eigenvalue weighted by Gasteiger charge is -2.46. The Labute approximate surface area is 102 Å². The molecule has 5 heteroatoms. The highest BCUT2D eigenvalue weighted by atomic mass is 79.9. The van der Waals surface area contributed by atoms with Gasteiger partial charge < -0.3 is 5.32 Å². The first-order valence-corrected chi connectivity index (χ1v) is 6.79. The van der Waals surface area contributed by atoms with Crippen molar-refractivity contribution in [2.75, 3.05) is 6.54 Å². The molecular formula is C11H17BrF3N. The molecule has 1 saturated heterocycles. The fourth-order valence-corrected chi connectivity index (χ4v) is 3.18. The third-order valence-electron chi connectivity index (χ3n) is 4.01. The summed E-state index contributed by atoms with van der Waals surface area (Å²) in [4.78, 5) is 0.423. The Morgan fingerprint density at radius 3 is 2.31 bits per heavy atom. The lowest BCUT2D eigenvalue weighted by molar-refractivity contribution is -0.255. The number of nitrogens with one attached hydrogen (secondary N) is 1. The standard InChI is InChI=1S/C11H17BrF3N/c12-8-2-3-9(16-7-8)6-10(4-1-5-10)11(13,14)15/h8-9,16H,1-7H2. The lowest BCUT2D eigenvalue weighted by atomic mass is 9.64. The summed E-state index contributed by atoms with van der Waals surface area (Å²) in [6.07, 6.45) is -0.528. The third-order valence-corrected chi connectivity index (χ3v) is 4.79. The summed E-state index contributed by atoms with van der Waals surface area (Å²) in [5, 5.41) is 3.22. The van der Waals surface area contributed by atoms with Gasteiger partial charge in [-0.15, -0.1) is 0 Å². The number of rotatable bonds is 2. The van der Waals surface area contributed by atoms with Crippen molar-refractivity contribution >= 4 is 15.9 Å². The van der Waals surface area contributed by atoms with Gasteiger partial charge in [-0.25, -0.2) is 0 Å². The van der Waals surface area contributed by atoms with Gasteiger partial charge >= 0.3 is 6.18 Å². The predicted octanol–water partition coefficient (Wildman–Crippen LogP) is 3.62. The average Bonchev–Trinajstić information content (AvgIpc) is 2.12. The van der Waals surface area contributed by atoms with E-state index in [1.807, 2.05) is 0 Å². The van der Waals surface area contributed by atoms with Gasteiger partial charge in [-0.05, 0) is 32.1 Å². The minimum absolute atomic E-state index is 0.0516. The number of hydrogen-bond acceptors (Lipinski definition) is 1. The maximum absolute atomic E-state index is 13.0. The Bertz CT molecular complexity index is 242. The molecule has 2 aliphatic rings. The van der Waals surface area contributed by atoms with Crippen molar-refractivity contribution in [3.63, 3.8) is 0 Å². The van der Waals surface area contributed by atoms with Crippen molar-refractivity contribution in [2.24, 2.45) is 5.41 Å². The zero-order valence-corrected chi connectivity index (χ0v) is 10.7. The van der Waals surface area contributed by atoms with Gasteiger partial charge in [0.2, 0.25) is 0 Å². The summed E-state index contributed by atoms with van der Waals surface area (Å²) < 4.78 is 38.9. The molecule has 2 fully saturated rings. The van der Waals surface area contributed by atoms with E-state index in [9.17, 15) is 13.2 Å². The molecule has 0 aromatic rings. The van der Waals surface area contributed by atoms with Crippen molar-refractivity contribution in [1.29, 1.82) is 0 Å². The van der Waals surface area contributed by atoms with Crippen LogP contribution in [0.2, 0.25) is 0 Å². The number of hydrogen-bond donors (Lipinski definition) is 1. The zero-order chi connectivity index (χ0) is 11.8. The van der Waals surface area contributed by atoms with E-state index in [1.54, 1.807) is 0 Å². The van der Waals surface area contributed by atoms with Gasteiger partial charge in [0.1, 0.15) is 0 Å². The molecule has 1 nitrogen and oxygen atoms in total.